The van der Waals surface area contributed by atoms with Crippen LogP contribution in [-0.4, -0.2) is 12.1 Å². The van der Waals surface area contributed by atoms with Gasteiger partial charge in [0.2, 0.25) is 0 Å². The van der Waals surface area contributed by atoms with Gasteiger partial charge in [-0.3, -0.25) is 0 Å². The minimum absolute atomic E-state index is 0.0804. The van der Waals surface area contributed by atoms with Crippen LogP contribution in [0.15, 0.2) is 24.3 Å². The molecule has 1 aliphatic rings. The van der Waals surface area contributed by atoms with Gasteiger partial charge in [0.15, 0.2) is 0 Å². The van der Waals surface area contributed by atoms with Crippen LogP contribution in [0.3, 0.4) is 0 Å². The molecule has 1 N–H and O–H groups in total. The summed E-state index contributed by atoms with van der Waals surface area (Å²) in [6.45, 7) is 9.85. The maximum Gasteiger partial charge on any atom is 0.124 e. The Balaban J connectivity index is 2.20. The molecule has 0 bridgehead atoms. The summed E-state index contributed by atoms with van der Waals surface area (Å²) in [6, 6.07) is 8.78. The molecule has 2 heteroatoms. The van der Waals surface area contributed by atoms with Gasteiger partial charge < -0.3 is 10.1 Å². The quantitative estimate of drug-likeness (QED) is 0.862. The lowest BCUT2D eigenvalue weighted by atomic mass is 9.89. The standard InChI is InChI=1S/C15H23NO/c1-11(2)10-16-13-9-15(3,4)17-14-8-6-5-7-12(13)14/h5-8,11,13,16H,9-10H2,1-4H3. The van der Waals surface area contributed by atoms with Gasteiger partial charge >= 0.3 is 0 Å². The number of hydrogen-bond acceptors (Lipinski definition) is 2. The fourth-order valence-corrected chi connectivity index (χ4v) is 2.36. The summed E-state index contributed by atoms with van der Waals surface area (Å²) >= 11 is 0. The zero-order valence-electron chi connectivity index (χ0n) is 11.3. The van der Waals surface area contributed by atoms with Gasteiger partial charge in [-0.1, -0.05) is 32.0 Å². The maximum absolute atomic E-state index is 6.02. The largest absolute Gasteiger partial charge is 0.487 e. The summed E-state index contributed by atoms with van der Waals surface area (Å²) in [6.07, 6.45) is 1.02. The maximum atomic E-state index is 6.02. The second-order valence-corrected chi connectivity index (χ2v) is 5.96. The van der Waals surface area contributed by atoms with Gasteiger partial charge in [-0.15, -0.1) is 0 Å². The second kappa shape index (κ2) is 4.69. The Morgan fingerprint density at radius 1 is 1.35 bits per heavy atom. The van der Waals surface area contributed by atoms with E-state index in [1.807, 2.05) is 6.07 Å². The van der Waals surface area contributed by atoms with Gasteiger partial charge in [0.1, 0.15) is 11.4 Å². The molecule has 2 nitrogen and oxygen atoms in total. The molecule has 0 aliphatic carbocycles. The SMILES string of the molecule is CC(C)CNC1CC(C)(C)Oc2ccccc21. The molecule has 94 valence electrons. The van der Waals surface area contributed by atoms with Crippen molar-refractivity contribution in [3.63, 3.8) is 0 Å². The van der Waals surface area contributed by atoms with E-state index in [4.69, 9.17) is 4.74 Å². The predicted octanol–water partition coefficient (Wildman–Crippen LogP) is 3.53. The zero-order chi connectivity index (χ0) is 12.5. The van der Waals surface area contributed by atoms with Crippen LogP contribution < -0.4 is 10.1 Å². The Labute approximate surface area is 104 Å². The van der Waals surface area contributed by atoms with E-state index in [0.29, 0.717) is 12.0 Å². The highest BCUT2D eigenvalue weighted by Gasteiger charge is 2.33. The van der Waals surface area contributed by atoms with Crippen molar-refractivity contribution in [2.24, 2.45) is 5.92 Å². The summed E-state index contributed by atoms with van der Waals surface area (Å²) in [5.41, 5.74) is 1.22. The normalized spacial score (nSPS) is 22.1. The van der Waals surface area contributed by atoms with Crippen molar-refractivity contribution in [1.82, 2.24) is 5.32 Å². The summed E-state index contributed by atoms with van der Waals surface area (Å²) in [5.74, 6) is 1.71. The molecule has 1 unspecified atom stereocenters. The Hall–Kier alpha value is -1.02. The molecule has 0 saturated carbocycles. The molecule has 0 saturated heterocycles. The highest BCUT2D eigenvalue weighted by molar-refractivity contribution is 5.38. The van der Waals surface area contributed by atoms with E-state index in [9.17, 15) is 0 Å². The van der Waals surface area contributed by atoms with E-state index in [0.717, 1.165) is 18.7 Å². The summed E-state index contributed by atoms with van der Waals surface area (Å²) in [7, 11) is 0. The first-order chi connectivity index (χ1) is 7.98. The monoisotopic (exact) mass is 233 g/mol. The molecule has 0 amide bonds. The van der Waals surface area contributed by atoms with E-state index < -0.39 is 0 Å². The van der Waals surface area contributed by atoms with Gasteiger partial charge in [-0.25, -0.2) is 0 Å². The van der Waals surface area contributed by atoms with Crippen LogP contribution in [0.2, 0.25) is 0 Å². The molecule has 1 aliphatic heterocycles. The number of hydrogen-bond donors (Lipinski definition) is 1. The second-order valence-electron chi connectivity index (χ2n) is 5.96. The Morgan fingerprint density at radius 3 is 2.76 bits per heavy atom. The molecule has 1 atom stereocenters. The molecule has 0 fully saturated rings. The fraction of sp³-hybridized carbons (Fsp3) is 0.600. The minimum atomic E-state index is -0.0804. The first kappa shape index (κ1) is 12.4. The van der Waals surface area contributed by atoms with Crippen molar-refractivity contribution >= 4 is 0 Å². The molecular formula is C15H23NO. The van der Waals surface area contributed by atoms with Crippen LogP contribution in [0.1, 0.15) is 45.7 Å². The molecule has 1 aromatic carbocycles. The van der Waals surface area contributed by atoms with Crippen molar-refractivity contribution in [3.05, 3.63) is 29.8 Å². The summed E-state index contributed by atoms with van der Waals surface area (Å²) in [4.78, 5) is 0. The minimum Gasteiger partial charge on any atom is -0.487 e. The molecule has 0 radical (unpaired) electrons. The van der Waals surface area contributed by atoms with Crippen molar-refractivity contribution in [2.75, 3.05) is 6.54 Å². The topological polar surface area (TPSA) is 21.3 Å². The van der Waals surface area contributed by atoms with Crippen molar-refractivity contribution < 1.29 is 4.74 Å². The van der Waals surface area contributed by atoms with E-state index in [2.05, 4.69) is 51.2 Å². The number of rotatable bonds is 3. The van der Waals surface area contributed by atoms with Crippen molar-refractivity contribution in [2.45, 2.75) is 45.8 Å². The summed E-state index contributed by atoms with van der Waals surface area (Å²) in [5, 5.41) is 3.65. The number of nitrogens with one attached hydrogen (secondary N) is 1. The van der Waals surface area contributed by atoms with E-state index >= 15 is 0 Å². The van der Waals surface area contributed by atoms with Crippen LogP contribution in [0.4, 0.5) is 0 Å². The number of para-hydroxylation sites is 1. The third-order valence-electron chi connectivity index (χ3n) is 3.15. The molecule has 17 heavy (non-hydrogen) atoms. The lowest BCUT2D eigenvalue weighted by molar-refractivity contribution is 0.0655. The first-order valence-electron chi connectivity index (χ1n) is 6.49. The average Bonchev–Trinajstić information content (AvgIpc) is 2.24. The smallest absolute Gasteiger partial charge is 0.124 e. The Morgan fingerprint density at radius 2 is 2.06 bits per heavy atom. The summed E-state index contributed by atoms with van der Waals surface area (Å²) < 4.78 is 6.02. The van der Waals surface area contributed by atoms with Crippen LogP contribution in [0.25, 0.3) is 0 Å². The highest BCUT2D eigenvalue weighted by atomic mass is 16.5. The van der Waals surface area contributed by atoms with E-state index in [1.54, 1.807) is 0 Å². The van der Waals surface area contributed by atoms with Gasteiger partial charge in [0.25, 0.3) is 0 Å². The molecule has 0 aromatic heterocycles. The zero-order valence-corrected chi connectivity index (χ0v) is 11.3. The van der Waals surface area contributed by atoms with Gasteiger partial charge in [0, 0.05) is 18.0 Å². The lowest BCUT2D eigenvalue weighted by Gasteiger charge is -2.38. The fourth-order valence-electron chi connectivity index (χ4n) is 2.36. The molecule has 2 rings (SSSR count). The average molecular weight is 233 g/mol. The third-order valence-corrected chi connectivity index (χ3v) is 3.15. The van der Waals surface area contributed by atoms with Crippen molar-refractivity contribution in [3.8, 4) is 5.75 Å². The van der Waals surface area contributed by atoms with Crippen LogP contribution >= 0.6 is 0 Å². The number of benzene rings is 1. The molecule has 0 spiro atoms. The van der Waals surface area contributed by atoms with Gasteiger partial charge in [-0.05, 0) is 32.4 Å². The Kier molecular flexibility index (Phi) is 3.43. The predicted molar refractivity (Wildman–Crippen MR) is 71.3 cm³/mol. The van der Waals surface area contributed by atoms with E-state index in [1.165, 1.54) is 5.56 Å². The van der Waals surface area contributed by atoms with Gasteiger partial charge in [0.05, 0.1) is 0 Å². The molecular weight excluding hydrogens is 210 g/mol. The molecule has 1 aromatic rings. The number of fused-ring (bicyclic) bond motifs is 1. The molecule has 1 heterocycles. The number of ether oxygens (including phenoxy) is 1. The van der Waals surface area contributed by atoms with Crippen LogP contribution in [0, 0.1) is 5.92 Å². The van der Waals surface area contributed by atoms with E-state index in [-0.39, 0.29) is 5.60 Å². The highest BCUT2D eigenvalue weighted by Crippen LogP contribution is 2.39. The third kappa shape index (κ3) is 3.01. The van der Waals surface area contributed by atoms with Crippen LogP contribution in [-0.2, 0) is 0 Å². The Bertz CT molecular complexity index is 384. The lowest BCUT2D eigenvalue weighted by Crippen LogP contribution is -2.40. The van der Waals surface area contributed by atoms with Crippen molar-refractivity contribution in [1.29, 1.82) is 0 Å². The van der Waals surface area contributed by atoms with Gasteiger partial charge in [-0.2, -0.15) is 0 Å². The first-order valence-corrected chi connectivity index (χ1v) is 6.49. The van der Waals surface area contributed by atoms with Crippen LogP contribution in [0.5, 0.6) is 5.75 Å².